The van der Waals surface area contributed by atoms with Crippen LogP contribution in [0, 0.1) is 0 Å². The maximum atomic E-state index is 5.69. The molecule has 11 aromatic rings. The number of para-hydroxylation sites is 3. The minimum Gasteiger partial charge on any atom is -0.309 e. The highest BCUT2D eigenvalue weighted by atomic mass is 15.1. The van der Waals surface area contributed by atoms with Crippen LogP contribution in [0.15, 0.2) is 182 Å². The molecule has 0 radical (unpaired) electrons. The molecule has 0 amide bonds. The molecule has 0 spiro atoms. The molecule has 4 heteroatoms. The van der Waals surface area contributed by atoms with Crippen LogP contribution in [0.3, 0.4) is 0 Å². The summed E-state index contributed by atoms with van der Waals surface area (Å²) in [6.07, 6.45) is 0. The van der Waals surface area contributed by atoms with Crippen LogP contribution in [0.5, 0.6) is 0 Å². The molecule has 3 heterocycles. The van der Waals surface area contributed by atoms with Crippen LogP contribution >= 0.6 is 0 Å². The summed E-state index contributed by atoms with van der Waals surface area (Å²) in [7, 11) is 0. The average Bonchev–Trinajstić information content (AvgIpc) is 3.85. The molecule has 0 bridgehead atoms. The summed E-state index contributed by atoms with van der Waals surface area (Å²) in [5.74, 6) is 1.62. The zero-order valence-electron chi connectivity index (χ0n) is 31.6. The molecule has 0 fully saturated rings. The third-order valence-corrected chi connectivity index (χ3v) is 12.2. The Bertz CT molecular complexity index is 3420. The highest BCUT2D eigenvalue weighted by molar-refractivity contribution is 6.14. The molecule has 1 aliphatic rings. The van der Waals surface area contributed by atoms with Crippen LogP contribution < -0.4 is 0 Å². The molecule has 0 aliphatic heterocycles. The van der Waals surface area contributed by atoms with Gasteiger partial charge in [-0.15, -0.1) is 0 Å². The van der Waals surface area contributed by atoms with Gasteiger partial charge < -0.3 is 4.57 Å². The Balaban J connectivity index is 1.18. The molecule has 268 valence electrons. The summed E-state index contributed by atoms with van der Waals surface area (Å²) in [5.41, 5.74) is 13.3. The van der Waals surface area contributed by atoms with Gasteiger partial charge in [0.2, 0.25) is 0 Å². The van der Waals surface area contributed by atoms with Crippen LogP contribution in [0.2, 0.25) is 0 Å². The van der Waals surface area contributed by atoms with E-state index in [1.54, 1.807) is 0 Å². The number of aromatic nitrogens is 4. The van der Waals surface area contributed by atoms with E-state index >= 15 is 0 Å². The molecule has 0 saturated heterocycles. The second-order valence-electron chi connectivity index (χ2n) is 15.8. The zero-order valence-corrected chi connectivity index (χ0v) is 31.6. The van der Waals surface area contributed by atoms with Gasteiger partial charge in [-0.2, -0.15) is 0 Å². The second-order valence-corrected chi connectivity index (χ2v) is 15.8. The van der Waals surface area contributed by atoms with Crippen LogP contribution in [0.1, 0.15) is 25.1 Å². The van der Waals surface area contributed by atoms with E-state index in [1.807, 2.05) is 0 Å². The third-order valence-electron chi connectivity index (χ3n) is 12.2. The topological polar surface area (TPSA) is 35.6 Å². The lowest BCUT2D eigenvalue weighted by Gasteiger charge is -2.22. The van der Waals surface area contributed by atoms with Gasteiger partial charge in [-0.25, -0.2) is 9.97 Å². The predicted molar refractivity (Wildman–Crippen MR) is 237 cm³/mol. The van der Waals surface area contributed by atoms with Crippen molar-refractivity contribution in [2.75, 3.05) is 0 Å². The molecule has 0 atom stereocenters. The van der Waals surface area contributed by atoms with Crippen molar-refractivity contribution in [1.29, 1.82) is 0 Å². The van der Waals surface area contributed by atoms with E-state index in [9.17, 15) is 0 Å². The van der Waals surface area contributed by atoms with Crippen molar-refractivity contribution >= 4 is 54.4 Å². The summed E-state index contributed by atoms with van der Waals surface area (Å²) in [5, 5.41) is 7.27. The van der Waals surface area contributed by atoms with Gasteiger partial charge in [0.15, 0.2) is 5.82 Å². The maximum Gasteiger partial charge on any atom is 0.161 e. The van der Waals surface area contributed by atoms with E-state index in [0.29, 0.717) is 5.82 Å². The third kappa shape index (κ3) is 4.62. The first-order valence-electron chi connectivity index (χ1n) is 19.7. The Hall–Kier alpha value is -7.30. The molecule has 0 N–H and O–H groups in total. The number of benzene rings is 8. The van der Waals surface area contributed by atoms with E-state index in [4.69, 9.17) is 9.97 Å². The van der Waals surface area contributed by atoms with E-state index < -0.39 is 5.41 Å². The molecular weight excluding hydrogens is 693 g/mol. The van der Waals surface area contributed by atoms with Crippen molar-refractivity contribution < 1.29 is 0 Å². The molecule has 57 heavy (non-hydrogen) atoms. The Morgan fingerprint density at radius 3 is 1.79 bits per heavy atom. The lowest BCUT2D eigenvalue weighted by atomic mass is 9.84. The van der Waals surface area contributed by atoms with Gasteiger partial charge >= 0.3 is 0 Å². The molecule has 1 aliphatic carbocycles. The van der Waals surface area contributed by atoms with E-state index in [0.717, 1.165) is 44.9 Å². The van der Waals surface area contributed by atoms with Crippen LogP contribution in [0.4, 0.5) is 0 Å². The zero-order chi connectivity index (χ0) is 37.8. The SMILES string of the molecule is CC1(C)c2cc(-c3ccccc3)ccc2-c2c(-n3c4ccccc4c4cc5ccccc5cc43)nc(-c3ccc4c5ccccc5n(-c5ccccc5)c4c3)nc21. The number of nitrogens with zero attached hydrogens (tertiary/aromatic N) is 4. The Kier molecular flexibility index (Phi) is 6.65. The molecule has 4 nitrogen and oxygen atoms in total. The van der Waals surface area contributed by atoms with Gasteiger partial charge in [-0.1, -0.05) is 147 Å². The molecular formula is C53H36N4. The normalized spacial score (nSPS) is 13.2. The fourth-order valence-corrected chi connectivity index (χ4v) is 9.51. The van der Waals surface area contributed by atoms with Gasteiger partial charge in [0.05, 0.1) is 27.8 Å². The van der Waals surface area contributed by atoms with Crippen molar-refractivity contribution in [1.82, 2.24) is 19.1 Å². The van der Waals surface area contributed by atoms with Crippen LogP contribution in [-0.2, 0) is 5.41 Å². The summed E-state index contributed by atoms with van der Waals surface area (Å²) < 4.78 is 4.77. The Morgan fingerprint density at radius 1 is 0.421 bits per heavy atom. The first kappa shape index (κ1) is 32.0. The van der Waals surface area contributed by atoms with Crippen molar-refractivity contribution in [3.05, 3.63) is 193 Å². The minimum atomic E-state index is -0.392. The van der Waals surface area contributed by atoms with E-state index in [2.05, 4.69) is 205 Å². The van der Waals surface area contributed by atoms with Crippen molar-refractivity contribution in [2.45, 2.75) is 19.3 Å². The maximum absolute atomic E-state index is 5.69. The first-order valence-corrected chi connectivity index (χ1v) is 19.7. The van der Waals surface area contributed by atoms with E-state index in [1.165, 1.54) is 60.1 Å². The van der Waals surface area contributed by atoms with Crippen molar-refractivity contribution in [3.8, 4) is 45.1 Å². The fourth-order valence-electron chi connectivity index (χ4n) is 9.51. The monoisotopic (exact) mass is 728 g/mol. The van der Waals surface area contributed by atoms with Crippen molar-refractivity contribution in [2.24, 2.45) is 0 Å². The molecule has 0 unspecified atom stereocenters. The lowest BCUT2D eigenvalue weighted by Crippen LogP contribution is -2.18. The van der Waals surface area contributed by atoms with Gasteiger partial charge in [-0.05, 0) is 81.6 Å². The summed E-state index contributed by atoms with van der Waals surface area (Å²) in [4.78, 5) is 11.3. The molecule has 8 aromatic carbocycles. The smallest absolute Gasteiger partial charge is 0.161 e. The lowest BCUT2D eigenvalue weighted by molar-refractivity contribution is 0.635. The van der Waals surface area contributed by atoms with Crippen LogP contribution in [-0.4, -0.2) is 19.1 Å². The quantitative estimate of drug-likeness (QED) is 0.181. The highest BCUT2D eigenvalue weighted by Gasteiger charge is 2.41. The predicted octanol–water partition coefficient (Wildman–Crippen LogP) is 13.5. The van der Waals surface area contributed by atoms with Gasteiger partial charge in [0.25, 0.3) is 0 Å². The average molecular weight is 729 g/mol. The molecule has 0 saturated carbocycles. The number of hydrogen-bond acceptors (Lipinski definition) is 2. The highest BCUT2D eigenvalue weighted by Crippen LogP contribution is 2.52. The Morgan fingerprint density at radius 2 is 1.02 bits per heavy atom. The van der Waals surface area contributed by atoms with Crippen molar-refractivity contribution in [3.63, 3.8) is 0 Å². The summed E-state index contributed by atoms with van der Waals surface area (Å²) >= 11 is 0. The largest absolute Gasteiger partial charge is 0.309 e. The van der Waals surface area contributed by atoms with E-state index in [-0.39, 0.29) is 0 Å². The number of hydrogen-bond donors (Lipinski definition) is 0. The number of fused-ring (bicyclic) bond motifs is 10. The summed E-state index contributed by atoms with van der Waals surface area (Å²) in [6, 6.07) is 65.7. The fraction of sp³-hybridized carbons (Fsp3) is 0.0566. The first-order chi connectivity index (χ1) is 28.0. The second kappa shape index (κ2) is 11.8. The van der Waals surface area contributed by atoms with Gasteiger partial charge in [0.1, 0.15) is 5.82 Å². The Labute approximate surface area is 329 Å². The van der Waals surface area contributed by atoms with Crippen LogP contribution in [0.25, 0.3) is 99.5 Å². The number of rotatable bonds is 4. The van der Waals surface area contributed by atoms with Gasteiger partial charge in [-0.3, -0.25) is 4.57 Å². The molecule has 12 rings (SSSR count). The minimum absolute atomic E-state index is 0.392. The summed E-state index contributed by atoms with van der Waals surface area (Å²) in [6.45, 7) is 4.64. The molecule has 3 aromatic heterocycles. The standard InChI is InChI=1S/C53H36N4/c1-53(2)44-30-36(33-15-5-3-6-16-33)25-28-42(44)49-50(53)54-51(37-26-27-41-39-21-11-13-23-45(39)56(47(41)32-37)38-19-7-4-8-20-38)55-52(49)57-46-24-14-12-22-40(46)43-29-34-17-9-10-18-35(34)31-48(43)57/h3-32H,1-2H3. The van der Waals surface area contributed by atoms with Gasteiger partial charge in [0, 0.05) is 43.8 Å².